The van der Waals surface area contributed by atoms with Gasteiger partial charge < -0.3 is 5.32 Å². The topological polar surface area (TPSA) is 12.0 Å². The number of rotatable bonds is 4. The van der Waals surface area contributed by atoms with Crippen molar-refractivity contribution in [3.63, 3.8) is 0 Å². The number of likely N-dealkylation sites (N-methyl/N-ethyl adjacent to an activating group) is 1. The summed E-state index contributed by atoms with van der Waals surface area (Å²) in [5, 5.41) is 3.30. The molecular weight excluding hydrogens is 300 g/mol. The van der Waals surface area contributed by atoms with Crippen LogP contribution in [0.2, 0.25) is 0 Å². The molecule has 0 saturated carbocycles. The summed E-state index contributed by atoms with van der Waals surface area (Å²) < 4.78 is 28.0. The van der Waals surface area contributed by atoms with E-state index < -0.39 is 11.6 Å². The minimum Gasteiger partial charge on any atom is -0.313 e. The van der Waals surface area contributed by atoms with Gasteiger partial charge in [0.05, 0.1) is 4.47 Å². The zero-order valence-electron chi connectivity index (χ0n) is 11.3. The largest absolute Gasteiger partial charge is 0.313 e. The van der Waals surface area contributed by atoms with E-state index in [1.807, 2.05) is 6.92 Å². The van der Waals surface area contributed by atoms with Crippen LogP contribution >= 0.6 is 15.9 Å². The predicted molar refractivity (Wildman–Crippen MR) is 74.7 cm³/mol. The Hall–Kier alpha value is -0.480. The van der Waals surface area contributed by atoms with Crippen LogP contribution in [0.3, 0.4) is 0 Å². The predicted octanol–water partition coefficient (Wildman–Crippen LogP) is 4.29. The minimum atomic E-state index is -0.498. The highest BCUT2D eigenvalue weighted by Crippen LogP contribution is 2.27. The van der Waals surface area contributed by atoms with Gasteiger partial charge in [-0.3, -0.25) is 0 Å². The summed E-state index contributed by atoms with van der Waals surface area (Å²) in [7, 11) is 0. The van der Waals surface area contributed by atoms with Crippen molar-refractivity contribution in [2.75, 3.05) is 6.54 Å². The van der Waals surface area contributed by atoms with Gasteiger partial charge in [-0.2, -0.15) is 0 Å². The molecule has 102 valence electrons. The first-order valence-electron chi connectivity index (χ1n) is 6.13. The van der Waals surface area contributed by atoms with Crippen LogP contribution in [-0.4, -0.2) is 12.6 Å². The van der Waals surface area contributed by atoms with Crippen molar-refractivity contribution in [1.82, 2.24) is 5.32 Å². The highest BCUT2D eigenvalue weighted by molar-refractivity contribution is 9.10. The van der Waals surface area contributed by atoms with Crippen LogP contribution in [-0.2, 0) is 6.42 Å². The molecule has 18 heavy (non-hydrogen) atoms. The maximum Gasteiger partial charge on any atom is 0.143 e. The Bertz CT molecular complexity index is 413. The Kier molecular flexibility index (Phi) is 5.29. The molecule has 0 amide bonds. The Labute approximate surface area is 116 Å². The Morgan fingerprint density at radius 3 is 2.39 bits per heavy atom. The van der Waals surface area contributed by atoms with E-state index in [0.29, 0.717) is 10.9 Å². The number of hydrogen-bond acceptors (Lipinski definition) is 1. The maximum absolute atomic E-state index is 13.9. The van der Waals surface area contributed by atoms with Crippen LogP contribution in [0.5, 0.6) is 0 Å². The van der Waals surface area contributed by atoms with Crippen molar-refractivity contribution >= 4 is 15.9 Å². The van der Waals surface area contributed by atoms with E-state index in [1.54, 1.807) is 0 Å². The zero-order valence-corrected chi connectivity index (χ0v) is 12.9. The summed E-state index contributed by atoms with van der Waals surface area (Å²) >= 11 is 3.10. The number of nitrogens with one attached hydrogen (secondary N) is 1. The lowest BCUT2D eigenvalue weighted by atomic mass is 9.83. The lowest BCUT2D eigenvalue weighted by Gasteiger charge is -2.31. The van der Waals surface area contributed by atoms with Crippen LogP contribution in [0.4, 0.5) is 8.78 Å². The molecule has 0 fully saturated rings. The number of benzene rings is 1. The highest BCUT2D eigenvalue weighted by atomic mass is 79.9. The standard InChI is InChI=1S/C14H20BrF2N/c1-5-18-12(14(2,3)4)8-9-11(16)7-6-10(15)13(9)17/h6-7,12,18H,5,8H2,1-4H3. The minimum absolute atomic E-state index is 0.0285. The molecule has 0 bridgehead atoms. The van der Waals surface area contributed by atoms with Crippen LogP contribution in [0.1, 0.15) is 33.3 Å². The highest BCUT2D eigenvalue weighted by Gasteiger charge is 2.26. The number of halogens is 3. The van der Waals surface area contributed by atoms with Crippen molar-refractivity contribution in [3.8, 4) is 0 Å². The first kappa shape index (κ1) is 15.6. The van der Waals surface area contributed by atoms with Gasteiger partial charge in [0.2, 0.25) is 0 Å². The van der Waals surface area contributed by atoms with Crippen molar-refractivity contribution in [1.29, 1.82) is 0 Å². The molecule has 0 aromatic heterocycles. The van der Waals surface area contributed by atoms with Crippen molar-refractivity contribution in [2.45, 2.75) is 40.2 Å². The fraction of sp³-hybridized carbons (Fsp3) is 0.571. The maximum atomic E-state index is 13.9. The van der Waals surface area contributed by atoms with Gasteiger partial charge in [0.25, 0.3) is 0 Å². The van der Waals surface area contributed by atoms with Gasteiger partial charge in [-0.05, 0) is 46.4 Å². The molecule has 1 unspecified atom stereocenters. The fourth-order valence-corrected chi connectivity index (χ4v) is 2.26. The second kappa shape index (κ2) is 6.11. The lowest BCUT2D eigenvalue weighted by Crippen LogP contribution is -2.42. The van der Waals surface area contributed by atoms with Gasteiger partial charge in [-0.25, -0.2) is 8.78 Å². The molecule has 0 spiro atoms. The van der Waals surface area contributed by atoms with E-state index in [0.717, 1.165) is 6.54 Å². The van der Waals surface area contributed by atoms with Gasteiger partial charge in [-0.15, -0.1) is 0 Å². The van der Waals surface area contributed by atoms with E-state index >= 15 is 0 Å². The van der Waals surface area contributed by atoms with Gasteiger partial charge in [0, 0.05) is 11.6 Å². The monoisotopic (exact) mass is 319 g/mol. The van der Waals surface area contributed by atoms with Crippen molar-refractivity contribution in [2.24, 2.45) is 5.41 Å². The third-order valence-corrected chi connectivity index (χ3v) is 3.66. The average molecular weight is 320 g/mol. The SMILES string of the molecule is CCNC(Cc1c(F)ccc(Br)c1F)C(C)(C)C. The third-order valence-electron chi connectivity index (χ3n) is 3.04. The van der Waals surface area contributed by atoms with Crippen molar-refractivity contribution < 1.29 is 8.78 Å². The molecule has 4 heteroatoms. The molecule has 1 rings (SSSR count). The molecule has 0 radical (unpaired) electrons. The second-order valence-electron chi connectivity index (χ2n) is 5.50. The first-order valence-corrected chi connectivity index (χ1v) is 6.92. The molecule has 1 aromatic carbocycles. The molecule has 0 saturated heterocycles. The zero-order chi connectivity index (χ0) is 13.9. The summed E-state index contributed by atoms with van der Waals surface area (Å²) in [6, 6.07) is 2.72. The molecule has 0 aliphatic heterocycles. The molecule has 0 aliphatic carbocycles. The molecule has 1 nitrogen and oxygen atoms in total. The summed E-state index contributed by atoms with van der Waals surface area (Å²) in [5.41, 5.74) is 0.0854. The summed E-state index contributed by atoms with van der Waals surface area (Å²) in [4.78, 5) is 0. The fourth-order valence-electron chi connectivity index (χ4n) is 1.89. The van der Waals surface area contributed by atoms with Gasteiger partial charge in [0.1, 0.15) is 11.6 Å². The summed E-state index contributed by atoms with van der Waals surface area (Å²) in [6.45, 7) is 8.96. The van der Waals surface area contributed by atoms with Crippen LogP contribution < -0.4 is 5.32 Å². The molecule has 0 aliphatic rings. The third kappa shape index (κ3) is 3.75. The van der Waals surface area contributed by atoms with Gasteiger partial charge in [0.15, 0.2) is 0 Å². The average Bonchev–Trinajstić information content (AvgIpc) is 2.27. The van der Waals surface area contributed by atoms with Gasteiger partial charge >= 0.3 is 0 Å². The van der Waals surface area contributed by atoms with E-state index in [9.17, 15) is 8.78 Å². The Morgan fingerprint density at radius 1 is 1.28 bits per heavy atom. The van der Waals surface area contributed by atoms with Crippen LogP contribution in [0.25, 0.3) is 0 Å². The van der Waals surface area contributed by atoms with E-state index in [-0.39, 0.29) is 17.0 Å². The molecule has 1 aromatic rings. The molecule has 0 heterocycles. The van der Waals surface area contributed by atoms with E-state index in [1.165, 1.54) is 12.1 Å². The Morgan fingerprint density at radius 2 is 1.89 bits per heavy atom. The van der Waals surface area contributed by atoms with E-state index in [4.69, 9.17) is 0 Å². The molecule has 1 N–H and O–H groups in total. The number of hydrogen-bond donors (Lipinski definition) is 1. The van der Waals surface area contributed by atoms with E-state index in [2.05, 4.69) is 42.0 Å². The van der Waals surface area contributed by atoms with Crippen molar-refractivity contribution in [3.05, 3.63) is 33.8 Å². The summed E-state index contributed by atoms with van der Waals surface area (Å²) in [6.07, 6.45) is 0.342. The first-order chi connectivity index (χ1) is 8.27. The van der Waals surface area contributed by atoms with Gasteiger partial charge in [-0.1, -0.05) is 27.7 Å². The second-order valence-corrected chi connectivity index (χ2v) is 6.36. The van der Waals surface area contributed by atoms with Crippen LogP contribution in [0, 0.1) is 17.0 Å². The van der Waals surface area contributed by atoms with Crippen LogP contribution in [0.15, 0.2) is 16.6 Å². The summed E-state index contributed by atoms with van der Waals surface area (Å²) in [5.74, 6) is -0.981. The molecular formula is C14H20BrF2N. The quantitative estimate of drug-likeness (QED) is 0.816. The molecule has 1 atom stereocenters. The smallest absolute Gasteiger partial charge is 0.143 e. The Balaban J connectivity index is 3.04. The normalized spacial score (nSPS) is 13.7. The lowest BCUT2D eigenvalue weighted by molar-refractivity contribution is 0.266.